The molecule has 0 aliphatic carbocycles. The molecule has 2 unspecified atom stereocenters. The molecule has 5 heteroatoms. The second kappa shape index (κ2) is 5.93. The normalized spacial score (nSPS) is 21.3. The molecule has 1 saturated heterocycles. The van der Waals surface area contributed by atoms with E-state index in [9.17, 15) is 9.18 Å². The van der Waals surface area contributed by atoms with Crippen LogP contribution < -0.4 is 16.0 Å². The molecule has 1 heterocycles. The minimum absolute atomic E-state index is 0.0565. The lowest BCUT2D eigenvalue weighted by Gasteiger charge is -2.25. The third kappa shape index (κ3) is 3.27. The fourth-order valence-corrected chi connectivity index (χ4v) is 2.01. The third-order valence-corrected chi connectivity index (χ3v) is 3.06. The van der Waals surface area contributed by atoms with Crippen LogP contribution in [0.25, 0.3) is 0 Å². The van der Waals surface area contributed by atoms with E-state index in [1.165, 1.54) is 12.1 Å². The molecule has 1 aromatic rings. The summed E-state index contributed by atoms with van der Waals surface area (Å²) in [4.78, 5) is 12.0. The summed E-state index contributed by atoms with van der Waals surface area (Å²) in [5.41, 5.74) is 0.770. The Labute approximate surface area is 106 Å². The molecule has 3 N–H and O–H groups in total. The van der Waals surface area contributed by atoms with Gasteiger partial charge in [-0.3, -0.25) is 4.79 Å². The first-order valence-electron chi connectivity index (χ1n) is 6.17. The molecule has 0 spiro atoms. The monoisotopic (exact) mass is 251 g/mol. The van der Waals surface area contributed by atoms with Crippen LogP contribution in [-0.4, -0.2) is 31.6 Å². The highest BCUT2D eigenvalue weighted by molar-refractivity contribution is 5.82. The highest BCUT2D eigenvalue weighted by Crippen LogP contribution is 2.13. The van der Waals surface area contributed by atoms with Crippen LogP contribution in [0.3, 0.4) is 0 Å². The SMILES string of the molecule is CC(NC(=O)C1CNCCN1)c1cccc(F)c1. The minimum Gasteiger partial charge on any atom is -0.348 e. The molecular weight excluding hydrogens is 233 g/mol. The van der Waals surface area contributed by atoms with E-state index in [0.29, 0.717) is 6.54 Å². The maximum Gasteiger partial charge on any atom is 0.238 e. The Hall–Kier alpha value is -1.46. The van der Waals surface area contributed by atoms with Crippen LogP contribution >= 0.6 is 0 Å². The Morgan fingerprint density at radius 3 is 3.00 bits per heavy atom. The van der Waals surface area contributed by atoms with Gasteiger partial charge in [-0.25, -0.2) is 4.39 Å². The maximum atomic E-state index is 13.1. The zero-order valence-corrected chi connectivity index (χ0v) is 10.4. The van der Waals surface area contributed by atoms with Gasteiger partial charge in [-0.15, -0.1) is 0 Å². The first kappa shape index (κ1) is 13.0. The van der Waals surface area contributed by atoms with Crippen molar-refractivity contribution in [1.82, 2.24) is 16.0 Å². The summed E-state index contributed by atoms with van der Waals surface area (Å²) in [6.45, 7) is 4.14. The minimum atomic E-state index is -0.286. The fourth-order valence-electron chi connectivity index (χ4n) is 2.01. The predicted molar refractivity (Wildman–Crippen MR) is 67.6 cm³/mol. The van der Waals surface area contributed by atoms with Crippen LogP contribution in [-0.2, 0) is 4.79 Å². The number of piperazine rings is 1. The van der Waals surface area contributed by atoms with Gasteiger partial charge in [0, 0.05) is 19.6 Å². The molecule has 1 amide bonds. The topological polar surface area (TPSA) is 53.2 Å². The van der Waals surface area contributed by atoms with E-state index < -0.39 is 0 Å². The molecule has 2 rings (SSSR count). The quantitative estimate of drug-likeness (QED) is 0.736. The summed E-state index contributed by atoms with van der Waals surface area (Å²) in [6.07, 6.45) is 0. The average molecular weight is 251 g/mol. The highest BCUT2D eigenvalue weighted by atomic mass is 19.1. The average Bonchev–Trinajstić information content (AvgIpc) is 2.39. The number of benzene rings is 1. The van der Waals surface area contributed by atoms with Gasteiger partial charge in [-0.2, -0.15) is 0 Å². The van der Waals surface area contributed by atoms with Crippen molar-refractivity contribution in [3.05, 3.63) is 35.6 Å². The fraction of sp³-hybridized carbons (Fsp3) is 0.462. The Bertz CT molecular complexity index is 418. The van der Waals surface area contributed by atoms with Crippen molar-refractivity contribution >= 4 is 5.91 Å². The standard InChI is InChI=1S/C13H18FN3O/c1-9(10-3-2-4-11(14)7-10)17-13(18)12-8-15-5-6-16-12/h2-4,7,9,12,15-16H,5-6,8H2,1H3,(H,17,18). The number of halogens is 1. The number of carbonyl (C=O) groups is 1. The van der Waals surface area contributed by atoms with Gasteiger partial charge >= 0.3 is 0 Å². The van der Waals surface area contributed by atoms with Crippen molar-refractivity contribution in [2.75, 3.05) is 19.6 Å². The number of rotatable bonds is 3. The van der Waals surface area contributed by atoms with Crippen molar-refractivity contribution in [1.29, 1.82) is 0 Å². The number of nitrogens with one attached hydrogen (secondary N) is 3. The number of carbonyl (C=O) groups excluding carboxylic acids is 1. The van der Waals surface area contributed by atoms with Gasteiger partial charge in [-0.05, 0) is 24.6 Å². The smallest absolute Gasteiger partial charge is 0.238 e. The van der Waals surface area contributed by atoms with Crippen LogP contribution in [0.15, 0.2) is 24.3 Å². The van der Waals surface area contributed by atoms with E-state index >= 15 is 0 Å². The van der Waals surface area contributed by atoms with Crippen molar-refractivity contribution in [3.63, 3.8) is 0 Å². The number of amides is 1. The van der Waals surface area contributed by atoms with Crippen LogP contribution in [0.1, 0.15) is 18.5 Å². The summed E-state index contributed by atoms with van der Waals surface area (Å²) in [6, 6.07) is 5.88. The molecule has 18 heavy (non-hydrogen) atoms. The van der Waals surface area contributed by atoms with E-state index in [1.807, 2.05) is 6.92 Å². The van der Waals surface area contributed by atoms with Gasteiger partial charge in [0.2, 0.25) is 5.91 Å². The van der Waals surface area contributed by atoms with E-state index in [4.69, 9.17) is 0 Å². The highest BCUT2D eigenvalue weighted by Gasteiger charge is 2.21. The first-order valence-corrected chi connectivity index (χ1v) is 6.17. The van der Waals surface area contributed by atoms with Gasteiger partial charge in [0.25, 0.3) is 0 Å². The van der Waals surface area contributed by atoms with Crippen LogP contribution in [0.4, 0.5) is 4.39 Å². The zero-order valence-electron chi connectivity index (χ0n) is 10.4. The molecular formula is C13H18FN3O. The number of hydrogen-bond donors (Lipinski definition) is 3. The van der Waals surface area contributed by atoms with Gasteiger partial charge in [0.15, 0.2) is 0 Å². The van der Waals surface area contributed by atoms with Crippen LogP contribution in [0, 0.1) is 5.82 Å². The van der Waals surface area contributed by atoms with Gasteiger partial charge in [0.05, 0.1) is 12.1 Å². The molecule has 98 valence electrons. The molecule has 1 fully saturated rings. The zero-order chi connectivity index (χ0) is 13.0. The van der Waals surface area contributed by atoms with Crippen LogP contribution in [0.2, 0.25) is 0 Å². The first-order chi connectivity index (χ1) is 8.66. The third-order valence-electron chi connectivity index (χ3n) is 3.06. The van der Waals surface area contributed by atoms with Crippen molar-refractivity contribution in [3.8, 4) is 0 Å². The van der Waals surface area contributed by atoms with Gasteiger partial charge in [0.1, 0.15) is 5.82 Å². The molecule has 1 aromatic carbocycles. The van der Waals surface area contributed by atoms with E-state index in [0.717, 1.165) is 18.7 Å². The molecule has 2 atom stereocenters. The molecule has 1 aliphatic rings. The Kier molecular flexibility index (Phi) is 4.28. The predicted octanol–water partition coefficient (Wildman–Crippen LogP) is 0.564. The Morgan fingerprint density at radius 1 is 1.50 bits per heavy atom. The van der Waals surface area contributed by atoms with E-state index in [1.54, 1.807) is 12.1 Å². The molecule has 0 radical (unpaired) electrons. The Balaban J connectivity index is 1.94. The van der Waals surface area contributed by atoms with Crippen molar-refractivity contribution in [2.24, 2.45) is 0 Å². The number of hydrogen-bond acceptors (Lipinski definition) is 3. The summed E-state index contributed by atoms with van der Waals surface area (Å²) < 4.78 is 13.1. The summed E-state index contributed by atoms with van der Waals surface area (Å²) in [5, 5.41) is 9.18. The molecule has 1 aliphatic heterocycles. The molecule has 4 nitrogen and oxygen atoms in total. The summed E-state index contributed by atoms with van der Waals surface area (Å²) in [5.74, 6) is -0.343. The lowest BCUT2D eigenvalue weighted by molar-refractivity contribution is -0.124. The second-order valence-corrected chi connectivity index (χ2v) is 4.50. The summed E-state index contributed by atoms with van der Waals surface area (Å²) in [7, 11) is 0. The lowest BCUT2D eigenvalue weighted by atomic mass is 10.1. The Morgan fingerprint density at radius 2 is 2.33 bits per heavy atom. The van der Waals surface area contributed by atoms with Crippen molar-refractivity contribution in [2.45, 2.75) is 19.0 Å². The largest absolute Gasteiger partial charge is 0.348 e. The molecule has 0 bridgehead atoms. The van der Waals surface area contributed by atoms with Gasteiger partial charge < -0.3 is 16.0 Å². The maximum absolute atomic E-state index is 13.1. The van der Waals surface area contributed by atoms with Gasteiger partial charge in [-0.1, -0.05) is 12.1 Å². The summed E-state index contributed by atoms with van der Waals surface area (Å²) >= 11 is 0. The molecule has 0 aromatic heterocycles. The second-order valence-electron chi connectivity index (χ2n) is 4.50. The van der Waals surface area contributed by atoms with E-state index in [-0.39, 0.29) is 23.8 Å². The van der Waals surface area contributed by atoms with E-state index in [2.05, 4.69) is 16.0 Å². The molecule has 0 saturated carbocycles. The van der Waals surface area contributed by atoms with Crippen LogP contribution in [0.5, 0.6) is 0 Å². The lowest BCUT2D eigenvalue weighted by Crippen LogP contribution is -2.55. The van der Waals surface area contributed by atoms with Crippen molar-refractivity contribution < 1.29 is 9.18 Å².